The second-order valence-electron chi connectivity index (χ2n) is 14.0. The molecule has 0 bridgehead atoms. The average Bonchev–Trinajstić information content (AvgIpc) is 3.06. The Labute approximate surface area is 294 Å². The van der Waals surface area contributed by atoms with Crippen molar-refractivity contribution in [3.05, 3.63) is 0 Å². The minimum atomic E-state index is -5.09. The van der Waals surface area contributed by atoms with Gasteiger partial charge in [-0.2, -0.15) is 0 Å². The first-order valence-electron chi connectivity index (χ1n) is 19.1. The highest BCUT2D eigenvalue weighted by molar-refractivity contribution is 7.47. The third-order valence-corrected chi connectivity index (χ3v) is 10.5. The van der Waals surface area contributed by atoms with Crippen molar-refractivity contribution in [2.24, 2.45) is 0 Å². The first kappa shape index (κ1) is 46.3. The fraction of sp³-hybridized carbons (Fsp3) is 0.971. The molecule has 14 heteroatoms. The van der Waals surface area contributed by atoms with Gasteiger partial charge in [-0.25, -0.2) is 4.57 Å². The zero-order valence-corrected chi connectivity index (χ0v) is 31.0. The molecule has 13 nitrogen and oxygen atoms in total. The summed E-state index contributed by atoms with van der Waals surface area (Å²) < 4.78 is 22.7. The van der Waals surface area contributed by atoms with E-state index >= 15 is 0 Å². The number of carbonyl (C=O) groups excluding carboxylic acids is 1. The van der Waals surface area contributed by atoms with E-state index in [1.807, 2.05) is 0 Å². The molecule has 1 amide bonds. The molecule has 8 atom stereocenters. The van der Waals surface area contributed by atoms with E-state index in [1.54, 1.807) is 0 Å². The largest absolute Gasteiger partial charge is 0.472 e. The van der Waals surface area contributed by atoms with Crippen LogP contribution in [0.15, 0.2) is 0 Å². The second-order valence-corrected chi connectivity index (χ2v) is 15.4. The lowest BCUT2D eigenvalue weighted by atomic mass is 9.85. The van der Waals surface area contributed by atoms with E-state index in [-0.39, 0.29) is 12.8 Å². The molecule has 0 saturated heterocycles. The molecule has 1 aliphatic carbocycles. The van der Waals surface area contributed by atoms with Gasteiger partial charge in [0.25, 0.3) is 0 Å². The molecule has 1 fully saturated rings. The van der Waals surface area contributed by atoms with Crippen LogP contribution in [0.25, 0.3) is 0 Å². The average molecular weight is 728 g/mol. The van der Waals surface area contributed by atoms with Crippen LogP contribution in [0.2, 0.25) is 0 Å². The van der Waals surface area contributed by atoms with Crippen molar-refractivity contribution >= 4 is 13.7 Å². The molecule has 0 aliphatic heterocycles. The molecule has 292 valence electrons. The number of phosphoric acid groups is 1. The summed E-state index contributed by atoms with van der Waals surface area (Å²) in [6, 6.07) is -1.14. The maximum absolute atomic E-state index is 12.8. The summed E-state index contributed by atoms with van der Waals surface area (Å²) >= 11 is 0. The van der Waals surface area contributed by atoms with Crippen molar-refractivity contribution in [2.75, 3.05) is 6.61 Å². The lowest BCUT2D eigenvalue weighted by Crippen LogP contribution is -2.64. The molecule has 1 saturated carbocycles. The summed E-state index contributed by atoms with van der Waals surface area (Å²) in [4.78, 5) is 23.2. The maximum atomic E-state index is 12.8. The topological polar surface area (TPSA) is 226 Å². The van der Waals surface area contributed by atoms with Crippen LogP contribution in [0, 0.1) is 0 Å². The van der Waals surface area contributed by atoms with E-state index in [1.165, 1.54) is 51.4 Å². The van der Waals surface area contributed by atoms with Crippen molar-refractivity contribution < 1.29 is 59.0 Å². The lowest BCUT2D eigenvalue weighted by molar-refractivity contribution is -0.220. The zero-order chi connectivity index (χ0) is 36.7. The van der Waals surface area contributed by atoms with Crippen molar-refractivity contribution in [3.63, 3.8) is 0 Å². The van der Waals surface area contributed by atoms with Crippen LogP contribution in [0.3, 0.4) is 0 Å². The van der Waals surface area contributed by atoms with Crippen LogP contribution in [0.1, 0.15) is 155 Å². The van der Waals surface area contributed by atoms with Crippen LogP contribution >= 0.6 is 7.82 Å². The minimum Gasteiger partial charge on any atom is -0.393 e. The molecular weight excluding hydrogens is 657 g/mol. The third-order valence-electron chi connectivity index (χ3n) is 9.47. The van der Waals surface area contributed by atoms with Gasteiger partial charge in [-0.1, -0.05) is 136 Å². The Balaban J connectivity index is 2.58. The fourth-order valence-corrected chi connectivity index (χ4v) is 7.21. The molecule has 0 aromatic heterocycles. The van der Waals surface area contributed by atoms with Gasteiger partial charge >= 0.3 is 7.82 Å². The second kappa shape index (κ2) is 27.0. The van der Waals surface area contributed by atoms with E-state index < -0.39 is 75.2 Å². The Morgan fingerprint density at radius 1 is 0.633 bits per heavy atom. The fourth-order valence-electron chi connectivity index (χ4n) is 6.24. The smallest absolute Gasteiger partial charge is 0.393 e. The standard InChI is InChI=1S/C35H70NO12P/c1-3-5-7-9-11-12-13-14-15-17-18-20-22-26(37)24-29(39)36-27(28(38)23-21-19-16-10-8-6-4-2)25-47-49(45,46)48-35-33(43)31(41)30(40)32(42)34(35)44/h26-28,30-35,37-38,40-44H,3-25H2,1-2H3,(H,36,39)(H,45,46). The molecule has 0 aromatic rings. The minimum absolute atomic E-state index is 0.218. The van der Waals surface area contributed by atoms with Crippen LogP contribution in [-0.2, 0) is 18.4 Å². The van der Waals surface area contributed by atoms with Gasteiger partial charge in [0.1, 0.15) is 36.6 Å². The molecule has 9 N–H and O–H groups in total. The van der Waals surface area contributed by atoms with Gasteiger partial charge in [-0.05, 0) is 12.8 Å². The number of unbranched alkanes of at least 4 members (excludes halogenated alkanes) is 17. The van der Waals surface area contributed by atoms with E-state index in [0.29, 0.717) is 12.8 Å². The zero-order valence-electron chi connectivity index (χ0n) is 30.1. The normalized spacial score (nSPS) is 25.8. The van der Waals surface area contributed by atoms with Crippen molar-refractivity contribution in [1.82, 2.24) is 5.32 Å². The Morgan fingerprint density at radius 3 is 1.47 bits per heavy atom. The molecule has 0 spiro atoms. The van der Waals surface area contributed by atoms with Crippen molar-refractivity contribution in [1.29, 1.82) is 0 Å². The number of hydrogen-bond acceptors (Lipinski definition) is 11. The first-order valence-corrected chi connectivity index (χ1v) is 20.6. The van der Waals surface area contributed by atoms with Crippen LogP contribution in [-0.4, -0.2) is 108 Å². The summed E-state index contributed by atoms with van der Waals surface area (Å²) in [7, 11) is -5.09. The van der Waals surface area contributed by atoms with Crippen LogP contribution < -0.4 is 5.32 Å². The number of carbonyl (C=O) groups is 1. The van der Waals surface area contributed by atoms with Gasteiger partial charge in [0.05, 0.1) is 31.3 Å². The highest BCUT2D eigenvalue weighted by Crippen LogP contribution is 2.47. The van der Waals surface area contributed by atoms with Gasteiger partial charge < -0.3 is 46.0 Å². The highest BCUT2D eigenvalue weighted by atomic mass is 31.2. The molecule has 0 heterocycles. The number of phosphoric ester groups is 1. The predicted octanol–water partition coefficient (Wildman–Crippen LogP) is 4.14. The van der Waals surface area contributed by atoms with Crippen LogP contribution in [0.4, 0.5) is 0 Å². The number of rotatable bonds is 30. The lowest BCUT2D eigenvalue weighted by Gasteiger charge is -2.41. The number of aliphatic hydroxyl groups excluding tert-OH is 7. The van der Waals surface area contributed by atoms with Gasteiger partial charge in [0.15, 0.2) is 0 Å². The Bertz CT molecular complexity index is 870. The molecular formula is C35H70NO12P. The number of nitrogens with one attached hydrogen (secondary N) is 1. The Morgan fingerprint density at radius 2 is 1.02 bits per heavy atom. The van der Waals surface area contributed by atoms with E-state index in [0.717, 1.165) is 64.2 Å². The monoisotopic (exact) mass is 727 g/mol. The van der Waals surface area contributed by atoms with Crippen molar-refractivity contribution in [2.45, 2.75) is 210 Å². The van der Waals surface area contributed by atoms with Crippen LogP contribution in [0.5, 0.6) is 0 Å². The first-order chi connectivity index (χ1) is 23.3. The number of aliphatic hydroxyl groups is 7. The number of hydrogen-bond donors (Lipinski definition) is 9. The molecule has 49 heavy (non-hydrogen) atoms. The van der Waals surface area contributed by atoms with E-state index in [4.69, 9.17) is 9.05 Å². The van der Waals surface area contributed by atoms with Gasteiger partial charge in [-0.15, -0.1) is 0 Å². The van der Waals surface area contributed by atoms with Gasteiger partial charge in [-0.3, -0.25) is 13.8 Å². The SMILES string of the molecule is CCCCCCCCCCCCCCC(O)CC(=O)NC(COP(=O)(O)OC1C(O)C(O)C(O)C(O)C1O)C(O)CCCCCCCCC. The van der Waals surface area contributed by atoms with Gasteiger partial charge in [0.2, 0.25) is 5.91 Å². The summed E-state index contributed by atoms with van der Waals surface area (Å²) in [5.74, 6) is -0.564. The van der Waals surface area contributed by atoms with Gasteiger partial charge in [0, 0.05) is 0 Å². The Kier molecular flexibility index (Phi) is 25.5. The van der Waals surface area contributed by atoms with Crippen molar-refractivity contribution in [3.8, 4) is 0 Å². The summed E-state index contributed by atoms with van der Waals surface area (Å²) in [6.07, 6.45) is 7.84. The molecule has 0 aromatic carbocycles. The van der Waals surface area contributed by atoms with E-state index in [9.17, 15) is 50.0 Å². The van der Waals surface area contributed by atoms with E-state index in [2.05, 4.69) is 19.2 Å². The molecule has 1 rings (SSSR count). The maximum Gasteiger partial charge on any atom is 0.472 e. The predicted molar refractivity (Wildman–Crippen MR) is 188 cm³/mol. The third kappa shape index (κ3) is 20.2. The summed E-state index contributed by atoms with van der Waals surface area (Å²) in [5.41, 5.74) is 0. The molecule has 8 unspecified atom stereocenters. The Hall–Kier alpha value is -0.700. The molecule has 1 aliphatic rings. The quantitative estimate of drug-likeness (QED) is 0.0376. The molecule has 0 radical (unpaired) electrons. The summed E-state index contributed by atoms with van der Waals surface area (Å²) in [6.45, 7) is 3.68. The number of amides is 1. The summed E-state index contributed by atoms with van der Waals surface area (Å²) in [5, 5.41) is 73.9. The highest BCUT2D eigenvalue weighted by Gasteiger charge is 2.51.